The first-order valence-corrected chi connectivity index (χ1v) is 6.21. The van der Waals surface area contributed by atoms with Gasteiger partial charge < -0.3 is 5.11 Å². The first-order chi connectivity index (χ1) is 8.79. The van der Waals surface area contributed by atoms with Gasteiger partial charge in [-0.15, -0.1) is 0 Å². The van der Waals surface area contributed by atoms with Gasteiger partial charge in [-0.05, 0) is 25.5 Å². The molecule has 98 valence electrons. The van der Waals surface area contributed by atoms with E-state index in [9.17, 15) is 9.90 Å². The predicted octanol–water partition coefficient (Wildman–Crippen LogP) is 0.262. The maximum Gasteiger partial charge on any atom is 0.240 e. The largest absolute Gasteiger partial charge is 0.395 e. The van der Waals surface area contributed by atoms with Crippen molar-refractivity contribution in [1.29, 1.82) is 0 Å². The van der Waals surface area contributed by atoms with Gasteiger partial charge in [-0.1, -0.05) is 6.42 Å². The van der Waals surface area contributed by atoms with Crippen molar-refractivity contribution < 1.29 is 9.90 Å². The van der Waals surface area contributed by atoms with E-state index < -0.39 is 0 Å². The van der Waals surface area contributed by atoms with Gasteiger partial charge in [0, 0.05) is 18.4 Å². The number of piperidine rings is 1. The Kier molecular flexibility index (Phi) is 4.60. The Hall–Kier alpha value is -1.53. The third-order valence-corrected chi connectivity index (χ3v) is 3.12. The molecule has 1 aromatic heterocycles. The average Bonchev–Trinajstić information content (AvgIpc) is 2.40. The van der Waals surface area contributed by atoms with Crippen molar-refractivity contribution in [2.75, 3.05) is 25.0 Å². The van der Waals surface area contributed by atoms with Gasteiger partial charge in [-0.2, -0.15) is 0 Å². The molecule has 1 fully saturated rings. The van der Waals surface area contributed by atoms with Crippen LogP contribution < -0.4 is 5.32 Å². The van der Waals surface area contributed by atoms with E-state index >= 15 is 0 Å². The molecule has 1 saturated heterocycles. The zero-order valence-corrected chi connectivity index (χ0v) is 10.2. The highest BCUT2D eigenvalue weighted by atomic mass is 16.3. The lowest BCUT2D eigenvalue weighted by Crippen LogP contribution is -2.45. The molecule has 2 rings (SSSR count). The fourth-order valence-corrected chi connectivity index (χ4v) is 2.19. The van der Waals surface area contributed by atoms with Crippen LogP contribution in [-0.2, 0) is 4.79 Å². The van der Waals surface area contributed by atoms with Crippen LogP contribution in [0.4, 0.5) is 5.95 Å². The zero-order valence-electron chi connectivity index (χ0n) is 10.2. The second kappa shape index (κ2) is 6.42. The Labute approximate surface area is 106 Å². The third kappa shape index (κ3) is 3.48. The molecule has 0 bridgehead atoms. The van der Waals surface area contributed by atoms with E-state index in [0.29, 0.717) is 5.95 Å². The molecule has 0 aliphatic carbocycles. The van der Waals surface area contributed by atoms with Gasteiger partial charge >= 0.3 is 0 Å². The summed E-state index contributed by atoms with van der Waals surface area (Å²) >= 11 is 0. The highest BCUT2D eigenvalue weighted by Crippen LogP contribution is 2.16. The average molecular weight is 250 g/mol. The van der Waals surface area contributed by atoms with Crippen molar-refractivity contribution in [2.24, 2.45) is 0 Å². The van der Waals surface area contributed by atoms with Crippen molar-refractivity contribution in [3.05, 3.63) is 18.5 Å². The van der Waals surface area contributed by atoms with E-state index in [0.717, 1.165) is 25.8 Å². The van der Waals surface area contributed by atoms with Gasteiger partial charge in [-0.25, -0.2) is 9.97 Å². The highest BCUT2D eigenvalue weighted by molar-refractivity contribution is 5.90. The highest BCUT2D eigenvalue weighted by Gasteiger charge is 2.23. The Morgan fingerprint density at radius 2 is 2.22 bits per heavy atom. The van der Waals surface area contributed by atoms with E-state index in [1.165, 1.54) is 0 Å². The van der Waals surface area contributed by atoms with E-state index in [1.807, 2.05) is 4.90 Å². The SMILES string of the molecule is O=C(CN1CCCCC1CO)Nc1ncccn1. The number of likely N-dealkylation sites (tertiary alicyclic amines) is 1. The second-order valence-electron chi connectivity index (χ2n) is 4.42. The molecule has 6 heteroatoms. The number of aliphatic hydroxyl groups excluding tert-OH is 1. The molecule has 1 aliphatic rings. The summed E-state index contributed by atoms with van der Waals surface area (Å²) in [7, 11) is 0. The molecular weight excluding hydrogens is 232 g/mol. The van der Waals surface area contributed by atoms with Gasteiger partial charge in [-0.3, -0.25) is 15.0 Å². The number of carbonyl (C=O) groups is 1. The smallest absolute Gasteiger partial charge is 0.240 e. The molecule has 2 heterocycles. The third-order valence-electron chi connectivity index (χ3n) is 3.12. The van der Waals surface area contributed by atoms with Gasteiger partial charge in [0.1, 0.15) is 0 Å². The predicted molar refractivity (Wildman–Crippen MR) is 67.0 cm³/mol. The van der Waals surface area contributed by atoms with E-state index in [1.54, 1.807) is 18.5 Å². The van der Waals surface area contributed by atoms with E-state index in [4.69, 9.17) is 0 Å². The molecule has 18 heavy (non-hydrogen) atoms. The summed E-state index contributed by atoms with van der Waals surface area (Å²) in [6.07, 6.45) is 6.31. The van der Waals surface area contributed by atoms with Crippen LogP contribution >= 0.6 is 0 Å². The molecule has 1 aliphatic heterocycles. The monoisotopic (exact) mass is 250 g/mol. The van der Waals surface area contributed by atoms with Gasteiger partial charge in [0.15, 0.2) is 0 Å². The van der Waals surface area contributed by atoms with Crippen LogP contribution in [0.1, 0.15) is 19.3 Å². The number of amides is 1. The molecule has 1 aromatic rings. The van der Waals surface area contributed by atoms with Crippen LogP contribution in [0.15, 0.2) is 18.5 Å². The molecule has 0 spiro atoms. The van der Waals surface area contributed by atoms with Crippen LogP contribution in [0, 0.1) is 0 Å². The molecule has 6 nitrogen and oxygen atoms in total. The number of aliphatic hydroxyl groups is 1. The Bertz CT molecular complexity index is 385. The lowest BCUT2D eigenvalue weighted by molar-refractivity contribution is -0.118. The number of anilines is 1. The fraction of sp³-hybridized carbons (Fsp3) is 0.583. The first kappa shape index (κ1) is 12.9. The number of nitrogens with one attached hydrogen (secondary N) is 1. The molecule has 1 unspecified atom stereocenters. The standard InChI is InChI=1S/C12H18N4O2/c17-9-10-4-1-2-7-16(10)8-11(18)15-12-13-5-3-6-14-12/h3,5-6,10,17H,1-2,4,7-9H2,(H,13,14,15,18). The summed E-state index contributed by atoms with van der Waals surface area (Å²) < 4.78 is 0. The number of rotatable bonds is 4. The minimum atomic E-state index is -0.137. The zero-order chi connectivity index (χ0) is 12.8. The van der Waals surface area contributed by atoms with Gasteiger partial charge in [0.25, 0.3) is 0 Å². The molecule has 0 saturated carbocycles. The lowest BCUT2D eigenvalue weighted by atomic mass is 10.0. The van der Waals surface area contributed by atoms with Crippen LogP contribution in [0.2, 0.25) is 0 Å². The molecule has 1 amide bonds. The minimum absolute atomic E-state index is 0.0983. The minimum Gasteiger partial charge on any atom is -0.395 e. The summed E-state index contributed by atoms with van der Waals surface area (Å²) in [4.78, 5) is 21.7. The normalized spacial score (nSPS) is 20.6. The molecule has 2 N–H and O–H groups in total. The second-order valence-corrected chi connectivity index (χ2v) is 4.42. The molecule has 0 aromatic carbocycles. The summed E-state index contributed by atoms with van der Waals surface area (Å²) in [6, 6.07) is 1.79. The number of nitrogens with zero attached hydrogens (tertiary/aromatic N) is 3. The van der Waals surface area contributed by atoms with Crippen molar-refractivity contribution in [3.8, 4) is 0 Å². The van der Waals surface area contributed by atoms with Crippen LogP contribution in [0.25, 0.3) is 0 Å². The number of aromatic nitrogens is 2. The van der Waals surface area contributed by atoms with Crippen molar-refractivity contribution in [1.82, 2.24) is 14.9 Å². The summed E-state index contributed by atoms with van der Waals surface area (Å²) in [5.74, 6) is 0.182. The van der Waals surface area contributed by atoms with Crippen molar-refractivity contribution in [3.63, 3.8) is 0 Å². The maximum absolute atomic E-state index is 11.8. The quantitative estimate of drug-likeness (QED) is 0.801. The Morgan fingerprint density at radius 1 is 1.44 bits per heavy atom. The van der Waals surface area contributed by atoms with Gasteiger partial charge in [0.2, 0.25) is 11.9 Å². The summed E-state index contributed by atoms with van der Waals surface area (Å²) in [6.45, 7) is 1.24. The van der Waals surface area contributed by atoms with E-state index in [2.05, 4.69) is 15.3 Å². The molecule has 0 radical (unpaired) electrons. The van der Waals surface area contributed by atoms with Crippen molar-refractivity contribution in [2.45, 2.75) is 25.3 Å². The first-order valence-electron chi connectivity index (χ1n) is 6.21. The van der Waals surface area contributed by atoms with Crippen LogP contribution in [-0.4, -0.2) is 51.6 Å². The summed E-state index contributed by atoms with van der Waals surface area (Å²) in [5, 5.41) is 11.9. The van der Waals surface area contributed by atoms with Gasteiger partial charge in [0.05, 0.1) is 13.2 Å². The molecule has 1 atom stereocenters. The summed E-state index contributed by atoms with van der Waals surface area (Å²) in [5.41, 5.74) is 0. The van der Waals surface area contributed by atoms with Crippen LogP contribution in [0.3, 0.4) is 0 Å². The Morgan fingerprint density at radius 3 is 2.94 bits per heavy atom. The number of hydrogen-bond acceptors (Lipinski definition) is 5. The van der Waals surface area contributed by atoms with Crippen LogP contribution in [0.5, 0.6) is 0 Å². The van der Waals surface area contributed by atoms with Crippen molar-refractivity contribution >= 4 is 11.9 Å². The number of carbonyl (C=O) groups excluding carboxylic acids is 1. The topological polar surface area (TPSA) is 78.4 Å². The Balaban J connectivity index is 1.86. The fourth-order valence-electron chi connectivity index (χ4n) is 2.19. The van der Waals surface area contributed by atoms with E-state index in [-0.39, 0.29) is 25.1 Å². The lowest BCUT2D eigenvalue weighted by Gasteiger charge is -2.33. The maximum atomic E-state index is 11.8. The molecular formula is C12H18N4O2. The number of hydrogen-bond donors (Lipinski definition) is 2.